The molecule has 3 rings (SSSR count). The molecule has 0 saturated heterocycles. The highest BCUT2D eigenvalue weighted by molar-refractivity contribution is 9.11. The van der Waals surface area contributed by atoms with Crippen molar-refractivity contribution in [2.45, 2.75) is 0 Å². The Hall–Kier alpha value is -0.840. The second kappa shape index (κ2) is 9.58. The zero-order valence-corrected chi connectivity index (χ0v) is 20.2. The zero-order chi connectivity index (χ0) is 19.4. The van der Waals surface area contributed by atoms with E-state index in [4.69, 9.17) is 23.2 Å². The average Bonchev–Trinajstić information content (AvgIpc) is 2.64. The van der Waals surface area contributed by atoms with Crippen LogP contribution in [-0.2, 0) is 0 Å². The van der Waals surface area contributed by atoms with Crippen LogP contribution in [0.1, 0.15) is 22.3 Å². The predicted octanol–water partition coefficient (Wildman–Crippen LogP) is 9.62. The van der Waals surface area contributed by atoms with E-state index in [1.807, 2.05) is 48.6 Å². The smallest absolute Gasteiger partial charge is 0.0412 e. The minimum Gasteiger partial charge on any atom is -0.0843 e. The molecule has 0 nitrogen and oxygen atoms in total. The fraction of sp³-hybridized carbons (Fsp3) is 0. The quantitative estimate of drug-likeness (QED) is 0.267. The van der Waals surface area contributed by atoms with Gasteiger partial charge in [0.2, 0.25) is 0 Å². The van der Waals surface area contributed by atoms with E-state index in [1.54, 1.807) is 0 Å². The Labute approximate surface area is 194 Å². The van der Waals surface area contributed by atoms with Crippen LogP contribution in [0.5, 0.6) is 0 Å². The van der Waals surface area contributed by atoms with Gasteiger partial charge in [0, 0.05) is 23.5 Å². The Kier molecular flexibility index (Phi) is 7.41. The number of hydrogen-bond donors (Lipinski definition) is 0. The molecule has 27 heavy (non-hydrogen) atoms. The van der Waals surface area contributed by atoms with E-state index >= 15 is 0 Å². The SMILES string of the molecule is Clc1ccc(Br)c(/C=C\c2ccc(/C=C\c3cc(Cl)ccc3Br)c(Br)c2)c1. The molecule has 0 spiro atoms. The zero-order valence-electron chi connectivity index (χ0n) is 13.9. The lowest BCUT2D eigenvalue weighted by Crippen LogP contribution is -1.81. The molecule has 0 radical (unpaired) electrons. The van der Waals surface area contributed by atoms with Gasteiger partial charge in [-0.05, 0) is 64.7 Å². The van der Waals surface area contributed by atoms with Gasteiger partial charge in [-0.25, -0.2) is 0 Å². The number of rotatable bonds is 4. The standard InChI is InChI=1S/C22H13Br3Cl2/c23-20-9-7-18(26)12-16(20)4-2-14-1-3-15(22(25)11-14)5-6-17-13-19(27)8-10-21(17)24/h1-13H/b4-2-,6-5-. The van der Waals surface area contributed by atoms with Crippen LogP contribution in [0.3, 0.4) is 0 Å². The van der Waals surface area contributed by atoms with Crippen LogP contribution in [-0.4, -0.2) is 0 Å². The summed E-state index contributed by atoms with van der Waals surface area (Å²) in [5.41, 5.74) is 4.25. The van der Waals surface area contributed by atoms with Crippen molar-refractivity contribution in [1.82, 2.24) is 0 Å². The first-order valence-electron chi connectivity index (χ1n) is 7.98. The highest BCUT2D eigenvalue weighted by Gasteiger charge is 2.01. The van der Waals surface area contributed by atoms with Crippen LogP contribution in [0.2, 0.25) is 10.0 Å². The van der Waals surface area contributed by atoms with Gasteiger partial charge in [-0.3, -0.25) is 0 Å². The molecule has 0 aliphatic heterocycles. The van der Waals surface area contributed by atoms with E-state index in [0.29, 0.717) is 10.0 Å². The lowest BCUT2D eigenvalue weighted by atomic mass is 10.1. The van der Waals surface area contributed by atoms with Crippen molar-refractivity contribution in [1.29, 1.82) is 0 Å². The molecule has 0 aromatic heterocycles. The van der Waals surface area contributed by atoms with E-state index in [9.17, 15) is 0 Å². The van der Waals surface area contributed by atoms with Crippen molar-refractivity contribution < 1.29 is 0 Å². The maximum absolute atomic E-state index is 6.07. The molecule has 3 aromatic rings. The normalized spacial score (nSPS) is 11.6. The lowest BCUT2D eigenvalue weighted by molar-refractivity contribution is 1.56. The highest BCUT2D eigenvalue weighted by Crippen LogP contribution is 2.27. The summed E-state index contributed by atoms with van der Waals surface area (Å²) in [6.07, 6.45) is 8.19. The minimum atomic E-state index is 0.713. The van der Waals surface area contributed by atoms with Crippen LogP contribution in [0.25, 0.3) is 24.3 Å². The molecule has 136 valence electrons. The molecular formula is C22H13Br3Cl2. The van der Waals surface area contributed by atoms with Crippen molar-refractivity contribution in [2.24, 2.45) is 0 Å². The summed E-state index contributed by atoms with van der Waals surface area (Å²) in [6, 6.07) is 17.7. The topological polar surface area (TPSA) is 0 Å². The Morgan fingerprint density at radius 3 is 1.59 bits per heavy atom. The first kappa shape index (κ1) is 20.9. The molecule has 0 aliphatic carbocycles. The summed E-state index contributed by atoms with van der Waals surface area (Å²) in [6.45, 7) is 0. The van der Waals surface area contributed by atoms with Crippen molar-refractivity contribution in [2.75, 3.05) is 0 Å². The summed E-state index contributed by atoms with van der Waals surface area (Å²) >= 11 is 22.9. The van der Waals surface area contributed by atoms with Crippen LogP contribution in [0.15, 0.2) is 68.0 Å². The minimum absolute atomic E-state index is 0.713. The molecule has 0 unspecified atom stereocenters. The van der Waals surface area contributed by atoms with E-state index in [2.05, 4.69) is 78.1 Å². The third kappa shape index (κ3) is 5.82. The summed E-state index contributed by atoms with van der Waals surface area (Å²) < 4.78 is 3.03. The van der Waals surface area contributed by atoms with Crippen molar-refractivity contribution in [3.63, 3.8) is 0 Å². The average molecular weight is 588 g/mol. The van der Waals surface area contributed by atoms with Gasteiger partial charge in [0.25, 0.3) is 0 Å². The Morgan fingerprint density at radius 2 is 1.04 bits per heavy atom. The molecule has 0 amide bonds. The van der Waals surface area contributed by atoms with Gasteiger partial charge in [0.05, 0.1) is 0 Å². The fourth-order valence-corrected chi connectivity index (χ4v) is 4.08. The summed E-state index contributed by atoms with van der Waals surface area (Å²) in [5.74, 6) is 0. The maximum atomic E-state index is 6.07. The number of hydrogen-bond acceptors (Lipinski definition) is 0. The van der Waals surface area contributed by atoms with Crippen molar-refractivity contribution >= 4 is 95.3 Å². The molecule has 0 fully saturated rings. The van der Waals surface area contributed by atoms with E-state index in [1.165, 1.54) is 0 Å². The Bertz CT molecular complexity index is 1040. The summed E-state index contributed by atoms with van der Waals surface area (Å²) in [5, 5.41) is 1.43. The second-order valence-corrected chi connectivity index (χ2v) is 9.22. The van der Waals surface area contributed by atoms with Gasteiger partial charge >= 0.3 is 0 Å². The number of benzene rings is 3. The first-order chi connectivity index (χ1) is 12.9. The van der Waals surface area contributed by atoms with E-state index < -0.39 is 0 Å². The molecular weight excluding hydrogens is 575 g/mol. The Balaban J connectivity index is 1.81. The third-order valence-electron chi connectivity index (χ3n) is 3.84. The van der Waals surface area contributed by atoms with Gasteiger partial charge < -0.3 is 0 Å². The molecule has 0 N–H and O–H groups in total. The molecule has 0 heterocycles. The van der Waals surface area contributed by atoms with Crippen molar-refractivity contribution in [3.05, 3.63) is 100 Å². The monoisotopic (exact) mass is 584 g/mol. The van der Waals surface area contributed by atoms with Gasteiger partial charge in [-0.2, -0.15) is 0 Å². The maximum Gasteiger partial charge on any atom is 0.0412 e. The second-order valence-electron chi connectivity index (χ2n) is 5.78. The Morgan fingerprint density at radius 1 is 0.519 bits per heavy atom. The summed E-state index contributed by atoms with van der Waals surface area (Å²) in [7, 11) is 0. The van der Waals surface area contributed by atoms with Crippen molar-refractivity contribution in [3.8, 4) is 0 Å². The van der Waals surface area contributed by atoms with Crippen LogP contribution >= 0.6 is 71.0 Å². The van der Waals surface area contributed by atoms with Crippen LogP contribution < -0.4 is 0 Å². The molecule has 0 bridgehead atoms. The molecule has 0 aliphatic rings. The summed E-state index contributed by atoms with van der Waals surface area (Å²) in [4.78, 5) is 0. The fourth-order valence-electron chi connectivity index (χ4n) is 2.43. The molecule has 0 saturated carbocycles. The van der Waals surface area contributed by atoms with Gasteiger partial charge in [0.1, 0.15) is 0 Å². The lowest BCUT2D eigenvalue weighted by Gasteiger charge is -2.03. The molecule has 3 aromatic carbocycles. The van der Waals surface area contributed by atoms with Gasteiger partial charge in [-0.1, -0.05) is 107 Å². The van der Waals surface area contributed by atoms with Gasteiger partial charge in [-0.15, -0.1) is 0 Å². The van der Waals surface area contributed by atoms with E-state index in [-0.39, 0.29) is 0 Å². The first-order valence-corrected chi connectivity index (χ1v) is 11.1. The largest absolute Gasteiger partial charge is 0.0843 e. The third-order valence-corrected chi connectivity index (χ3v) is 6.44. The van der Waals surface area contributed by atoms with Crippen LogP contribution in [0, 0.1) is 0 Å². The van der Waals surface area contributed by atoms with E-state index in [0.717, 1.165) is 35.7 Å². The van der Waals surface area contributed by atoms with Gasteiger partial charge in [0.15, 0.2) is 0 Å². The molecule has 5 heteroatoms. The predicted molar refractivity (Wildman–Crippen MR) is 130 cm³/mol. The van der Waals surface area contributed by atoms with Crippen LogP contribution in [0.4, 0.5) is 0 Å². The number of halogens is 5. The highest BCUT2D eigenvalue weighted by atomic mass is 79.9. The molecule has 0 atom stereocenters.